The van der Waals surface area contributed by atoms with Gasteiger partial charge in [0.05, 0.1) is 5.56 Å². The SMILES string of the molecule is CCC1CN(c2ccc(-c3nc(COc4ccccc4)no3)cn2)CCN1C. The van der Waals surface area contributed by atoms with Crippen LogP contribution in [0.1, 0.15) is 19.2 Å². The van der Waals surface area contributed by atoms with Gasteiger partial charge in [0, 0.05) is 31.9 Å². The smallest absolute Gasteiger partial charge is 0.259 e. The summed E-state index contributed by atoms with van der Waals surface area (Å²) in [6, 6.07) is 14.2. The lowest BCUT2D eigenvalue weighted by Gasteiger charge is -2.39. The number of rotatable bonds is 6. The molecular formula is C21H25N5O2. The summed E-state index contributed by atoms with van der Waals surface area (Å²) in [4.78, 5) is 13.8. The molecule has 0 N–H and O–H groups in total. The summed E-state index contributed by atoms with van der Waals surface area (Å²) < 4.78 is 11.0. The van der Waals surface area contributed by atoms with Gasteiger partial charge in [-0.1, -0.05) is 30.3 Å². The van der Waals surface area contributed by atoms with Gasteiger partial charge in [-0.3, -0.25) is 4.90 Å². The van der Waals surface area contributed by atoms with Crippen molar-refractivity contribution in [2.75, 3.05) is 31.6 Å². The zero-order valence-corrected chi connectivity index (χ0v) is 16.3. The third-order valence-corrected chi connectivity index (χ3v) is 5.15. The normalized spacial score (nSPS) is 17.6. The van der Waals surface area contributed by atoms with Gasteiger partial charge in [0.1, 0.15) is 11.6 Å². The van der Waals surface area contributed by atoms with Crippen LogP contribution in [0.5, 0.6) is 5.75 Å². The van der Waals surface area contributed by atoms with Crippen LogP contribution in [0.4, 0.5) is 5.82 Å². The number of para-hydroxylation sites is 1. The van der Waals surface area contributed by atoms with E-state index in [0.717, 1.165) is 43.2 Å². The molecule has 3 heterocycles. The van der Waals surface area contributed by atoms with Crippen molar-refractivity contribution < 1.29 is 9.26 Å². The van der Waals surface area contributed by atoms with Gasteiger partial charge in [-0.05, 0) is 37.7 Å². The summed E-state index contributed by atoms with van der Waals surface area (Å²) in [5, 5.41) is 3.99. The zero-order chi connectivity index (χ0) is 19.3. The molecule has 146 valence electrons. The Bertz CT molecular complexity index is 881. The highest BCUT2D eigenvalue weighted by Gasteiger charge is 2.23. The third kappa shape index (κ3) is 4.14. The standard InChI is InChI=1S/C21H25N5O2/c1-3-17-14-26(12-11-25(17)2)20-10-9-16(13-22-20)21-23-19(24-28-21)15-27-18-7-5-4-6-8-18/h4-10,13,17H,3,11-12,14-15H2,1-2H3. The van der Waals surface area contributed by atoms with Crippen LogP contribution >= 0.6 is 0 Å². The summed E-state index contributed by atoms with van der Waals surface area (Å²) in [6.45, 7) is 5.53. The molecule has 28 heavy (non-hydrogen) atoms. The Balaban J connectivity index is 1.39. The van der Waals surface area contributed by atoms with E-state index in [1.165, 1.54) is 0 Å². The number of nitrogens with zero attached hydrogens (tertiary/aromatic N) is 5. The number of hydrogen-bond acceptors (Lipinski definition) is 7. The van der Waals surface area contributed by atoms with Crippen LogP contribution in [-0.2, 0) is 6.61 Å². The number of hydrogen-bond donors (Lipinski definition) is 0. The summed E-state index contributed by atoms with van der Waals surface area (Å²) in [5.74, 6) is 2.73. The minimum absolute atomic E-state index is 0.263. The number of anilines is 1. The zero-order valence-electron chi connectivity index (χ0n) is 16.3. The molecule has 7 nitrogen and oxygen atoms in total. The van der Waals surface area contributed by atoms with Crippen LogP contribution in [0.15, 0.2) is 53.2 Å². The van der Waals surface area contributed by atoms with E-state index in [9.17, 15) is 0 Å². The van der Waals surface area contributed by atoms with E-state index in [1.54, 1.807) is 6.20 Å². The maximum absolute atomic E-state index is 5.66. The molecule has 0 aliphatic carbocycles. The first kappa shape index (κ1) is 18.4. The minimum Gasteiger partial charge on any atom is -0.485 e. The van der Waals surface area contributed by atoms with Gasteiger partial charge in [-0.25, -0.2) is 4.98 Å². The van der Waals surface area contributed by atoms with Crippen LogP contribution in [0.3, 0.4) is 0 Å². The van der Waals surface area contributed by atoms with Gasteiger partial charge in [-0.2, -0.15) is 4.98 Å². The van der Waals surface area contributed by atoms with E-state index in [4.69, 9.17) is 9.26 Å². The number of pyridine rings is 1. The summed E-state index contributed by atoms with van der Waals surface area (Å²) in [5.41, 5.74) is 0.809. The fourth-order valence-corrected chi connectivity index (χ4v) is 3.39. The Labute approximate surface area is 164 Å². The van der Waals surface area contributed by atoms with Crippen LogP contribution in [0.25, 0.3) is 11.5 Å². The fraction of sp³-hybridized carbons (Fsp3) is 0.381. The van der Waals surface area contributed by atoms with Crippen molar-refractivity contribution in [2.24, 2.45) is 0 Å². The molecular weight excluding hydrogens is 354 g/mol. The van der Waals surface area contributed by atoms with Crippen LogP contribution in [0, 0.1) is 0 Å². The molecule has 1 aliphatic rings. The number of likely N-dealkylation sites (N-methyl/N-ethyl adjacent to an activating group) is 1. The molecule has 0 bridgehead atoms. The van der Waals surface area contributed by atoms with Gasteiger partial charge in [-0.15, -0.1) is 0 Å². The van der Waals surface area contributed by atoms with Gasteiger partial charge < -0.3 is 14.2 Å². The summed E-state index contributed by atoms with van der Waals surface area (Å²) >= 11 is 0. The first-order chi connectivity index (χ1) is 13.7. The van der Waals surface area contributed by atoms with Gasteiger partial charge in [0.25, 0.3) is 5.89 Å². The Morgan fingerprint density at radius 3 is 2.75 bits per heavy atom. The molecule has 0 amide bonds. The molecule has 1 aromatic carbocycles. The molecule has 1 fully saturated rings. The molecule has 1 atom stereocenters. The summed E-state index contributed by atoms with van der Waals surface area (Å²) in [7, 11) is 2.19. The molecule has 1 unspecified atom stereocenters. The molecule has 1 aliphatic heterocycles. The highest BCUT2D eigenvalue weighted by Crippen LogP contribution is 2.22. The quantitative estimate of drug-likeness (QED) is 0.651. The van der Waals surface area contributed by atoms with E-state index >= 15 is 0 Å². The van der Waals surface area contributed by atoms with Crippen molar-refractivity contribution in [3.05, 3.63) is 54.5 Å². The van der Waals surface area contributed by atoms with Crippen molar-refractivity contribution in [2.45, 2.75) is 26.0 Å². The first-order valence-electron chi connectivity index (χ1n) is 9.65. The highest BCUT2D eigenvalue weighted by atomic mass is 16.5. The number of piperazine rings is 1. The topological polar surface area (TPSA) is 67.5 Å². The third-order valence-electron chi connectivity index (χ3n) is 5.15. The molecule has 4 rings (SSSR count). The maximum Gasteiger partial charge on any atom is 0.259 e. The summed E-state index contributed by atoms with van der Waals surface area (Å²) in [6.07, 6.45) is 2.94. The largest absolute Gasteiger partial charge is 0.485 e. The van der Waals surface area contributed by atoms with Gasteiger partial charge in [0.2, 0.25) is 5.82 Å². The number of benzene rings is 1. The maximum atomic E-state index is 5.66. The van der Waals surface area contributed by atoms with Crippen molar-refractivity contribution in [3.8, 4) is 17.2 Å². The van der Waals surface area contributed by atoms with Gasteiger partial charge >= 0.3 is 0 Å². The van der Waals surface area contributed by atoms with Crippen LogP contribution in [-0.4, -0.2) is 52.7 Å². The molecule has 0 saturated carbocycles. The lowest BCUT2D eigenvalue weighted by Crippen LogP contribution is -2.51. The second kappa shape index (κ2) is 8.39. The van der Waals surface area contributed by atoms with E-state index < -0.39 is 0 Å². The highest BCUT2D eigenvalue weighted by molar-refractivity contribution is 5.54. The van der Waals surface area contributed by atoms with E-state index in [1.807, 2.05) is 42.5 Å². The van der Waals surface area contributed by atoms with Crippen LogP contribution in [0.2, 0.25) is 0 Å². The Kier molecular flexibility index (Phi) is 5.53. The molecule has 1 saturated heterocycles. The number of aromatic nitrogens is 3. The number of ether oxygens (including phenoxy) is 1. The predicted molar refractivity (Wildman–Crippen MR) is 107 cm³/mol. The average molecular weight is 379 g/mol. The van der Waals surface area contributed by atoms with E-state index in [0.29, 0.717) is 17.8 Å². The lowest BCUT2D eigenvalue weighted by molar-refractivity contribution is 0.213. The van der Waals surface area contributed by atoms with Crippen LogP contribution < -0.4 is 9.64 Å². The molecule has 2 aromatic heterocycles. The van der Waals surface area contributed by atoms with Crippen molar-refractivity contribution in [1.82, 2.24) is 20.0 Å². The monoisotopic (exact) mass is 379 g/mol. The lowest BCUT2D eigenvalue weighted by atomic mass is 10.1. The van der Waals surface area contributed by atoms with Gasteiger partial charge in [0.15, 0.2) is 6.61 Å². The Morgan fingerprint density at radius 2 is 2.00 bits per heavy atom. The second-order valence-electron chi connectivity index (χ2n) is 7.01. The van der Waals surface area contributed by atoms with Crippen molar-refractivity contribution >= 4 is 5.82 Å². The second-order valence-corrected chi connectivity index (χ2v) is 7.01. The Morgan fingerprint density at radius 1 is 1.14 bits per heavy atom. The molecule has 7 heteroatoms. The predicted octanol–water partition coefficient (Wildman–Crippen LogP) is 3.24. The molecule has 0 radical (unpaired) electrons. The first-order valence-corrected chi connectivity index (χ1v) is 9.65. The van der Waals surface area contributed by atoms with E-state index in [2.05, 4.69) is 38.9 Å². The average Bonchev–Trinajstić information content (AvgIpc) is 3.23. The molecule has 3 aromatic rings. The van der Waals surface area contributed by atoms with Crippen molar-refractivity contribution in [3.63, 3.8) is 0 Å². The fourth-order valence-electron chi connectivity index (χ4n) is 3.39. The van der Waals surface area contributed by atoms with Crippen molar-refractivity contribution in [1.29, 1.82) is 0 Å². The van der Waals surface area contributed by atoms with E-state index in [-0.39, 0.29) is 6.61 Å². The minimum atomic E-state index is 0.263. The Hall–Kier alpha value is -2.93. The molecule has 0 spiro atoms.